The molecule has 0 unspecified atom stereocenters. The number of carbonyl (C=O) groups excluding carboxylic acids is 1. The molecule has 0 spiro atoms. The fourth-order valence-electron chi connectivity index (χ4n) is 3.23. The van der Waals surface area contributed by atoms with Gasteiger partial charge in [-0.25, -0.2) is 13.6 Å². The van der Waals surface area contributed by atoms with E-state index in [1.807, 2.05) is 0 Å². The molecule has 0 aliphatic carbocycles. The van der Waals surface area contributed by atoms with Crippen molar-refractivity contribution in [1.29, 1.82) is 0 Å². The maximum Gasteiger partial charge on any atom is 0.238 e. The number of amides is 1. The topological polar surface area (TPSA) is 89.3 Å². The normalized spacial score (nSPS) is 11.5. The van der Waals surface area contributed by atoms with E-state index in [0.29, 0.717) is 19.4 Å². The van der Waals surface area contributed by atoms with E-state index in [-0.39, 0.29) is 10.8 Å². The van der Waals surface area contributed by atoms with Crippen LogP contribution in [0, 0.1) is 0 Å². The lowest BCUT2D eigenvalue weighted by molar-refractivity contribution is -0.121. The summed E-state index contributed by atoms with van der Waals surface area (Å²) in [4.78, 5) is 12.0. The molecule has 0 saturated heterocycles. The van der Waals surface area contributed by atoms with Crippen LogP contribution in [0.1, 0.15) is 89.5 Å². The summed E-state index contributed by atoms with van der Waals surface area (Å²) in [5.41, 5.74) is 0.974. The average Bonchev–Trinajstić information content (AvgIpc) is 2.66. The van der Waals surface area contributed by atoms with Gasteiger partial charge in [0, 0.05) is 13.0 Å². The number of nitrogens with one attached hydrogen (secondary N) is 1. The van der Waals surface area contributed by atoms with Gasteiger partial charge in [0.05, 0.1) is 4.90 Å². The first kappa shape index (κ1) is 24.6. The summed E-state index contributed by atoms with van der Waals surface area (Å²) in [7, 11) is -3.65. The van der Waals surface area contributed by atoms with Gasteiger partial charge in [-0.1, -0.05) is 83.3 Å². The van der Waals surface area contributed by atoms with E-state index in [0.717, 1.165) is 18.4 Å². The van der Waals surface area contributed by atoms with E-state index in [1.165, 1.54) is 69.9 Å². The summed E-state index contributed by atoms with van der Waals surface area (Å²) in [5, 5.41) is 8.01. The SMILES string of the molecule is CCCCCCCCCCCCCC(=O)NCCc1ccc(S(N)(=O)=O)cc1. The van der Waals surface area contributed by atoms with Crippen molar-refractivity contribution in [3.63, 3.8) is 0 Å². The molecule has 0 saturated carbocycles. The minimum absolute atomic E-state index is 0.0945. The van der Waals surface area contributed by atoms with Gasteiger partial charge >= 0.3 is 0 Å². The number of rotatable bonds is 16. The lowest BCUT2D eigenvalue weighted by atomic mass is 10.1. The maximum absolute atomic E-state index is 11.9. The van der Waals surface area contributed by atoms with Gasteiger partial charge in [0.1, 0.15) is 0 Å². The smallest absolute Gasteiger partial charge is 0.238 e. The second-order valence-electron chi connectivity index (χ2n) is 7.57. The molecule has 160 valence electrons. The summed E-state index contributed by atoms with van der Waals surface area (Å²) < 4.78 is 22.4. The van der Waals surface area contributed by atoms with Crippen LogP contribution in [0.25, 0.3) is 0 Å². The summed E-state index contributed by atoms with van der Waals surface area (Å²) in [5.74, 6) is 0.0945. The molecule has 1 aromatic rings. The number of hydrogen-bond acceptors (Lipinski definition) is 3. The molecular formula is C22H38N2O3S. The van der Waals surface area contributed by atoms with Crippen molar-refractivity contribution >= 4 is 15.9 Å². The molecule has 28 heavy (non-hydrogen) atoms. The number of sulfonamides is 1. The molecule has 0 bridgehead atoms. The highest BCUT2D eigenvalue weighted by Crippen LogP contribution is 2.12. The quantitative estimate of drug-likeness (QED) is 0.387. The fraction of sp³-hybridized carbons (Fsp3) is 0.682. The van der Waals surface area contributed by atoms with Gasteiger partial charge in [-0.3, -0.25) is 4.79 Å². The highest BCUT2D eigenvalue weighted by atomic mass is 32.2. The largest absolute Gasteiger partial charge is 0.356 e. The molecular weight excluding hydrogens is 372 g/mol. The second-order valence-corrected chi connectivity index (χ2v) is 9.14. The predicted molar refractivity (Wildman–Crippen MR) is 116 cm³/mol. The number of nitrogens with two attached hydrogens (primary N) is 1. The maximum atomic E-state index is 11.9. The fourth-order valence-corrected chi connectivity index (χ4v) is 3.75. The zero-order chi connectivity index (χ0) is 20.7. The Bertz CT molecular complexity index is 642. The van der Waals surface area contributed by atoms with Gasteiger partial charge in [-0.15, -0.1) is 0 Å². The molecule has 1 amide bonds. The molecule has 5 nitrogen and oxygen atoms in total. The zero-order valence-corrected chi connectivity index (χ0v) is 18.2. The molecule has 1 rings (SSSR count). The first-order valence-corrected chi connectivity index (χ1v) is 12.4. The van der Waals surface area contributed by atoms with Gasteiger partial charge in [0.15, 0.2) is 0 Å². The summed E-state index contributed by atoms with van der Waals surface area (Å²) >= 11 is 0. The summed E-state index contributed by atoms with van der Waals surface area (Å²) in [6, 6.07) is 6.46. The molecule has 3 N–H and O–H groups in total. The lowest BCUT2D eigenvalue weighted by Gasteiger charge is -2.06. The van der Waals surface area contributed by atoms with Crippen molar-refractivity contribution in [2.45, 2.75) is 95.3 Å². The van der Waals surface area contributed by atoms with E-state index in [4.69, 9.17) is 5.14 Å². The van der Waals surface area contributed by atoms with Crippen LogP contribution < -0.4 is 10.5 Å². The predicted octanol–water partition coefficient (Wildman–Crippen LogP) is 4.69. The van der Waals surface area contributed by atoms with E-state index in [9.17, 15) is 13.2 Å². The van der Waals surface area contributed by atoms with Crippen LogP contribution in [0.5, 0.6) is 0 Å². The van der Waals surface area contributed by atoms with Crippen molar-refractivity contribution in [1.82, 2.24) is 5.32 Å². The Kier molecular flexibility index (Phi) is 12.8. The Labute approximate surface area is 171 Å². The highest BCUT2D eigenvalue weighted by molar-refractivity contribution is 7.89. The number of carbonyl (C=O) groups is 1. The molecule has 0 fully saturated rings. The first-order valence-electron chi connectivity index (χ1n) is 10.8. The van der Waals surface area contributed by atoms with Gasteiger partial charge in [0.2, 0.25) is 15.9 Å². The standard InChI is InChI=1S/C22H38N2O3S/c1-2-3-4-5-6-7-8-9-10-11-12-13-22(25)24-19-18-20-14-16-21(17-15-20)28(23,26)27/h14-17H,2-13,18-19H2,1H3,(H,24,25)(H2,23,26,27). The number of benzene rings is 1. The van der Waals surface area contributed by atoms with Gasteiger partial charge in [-0.05, 0) is 30.5 Å². The molecule has 0 heterocycles. The third-order valence-electron chi connectivity index (χ3n) is 5.00. The third-order valence-corrected chi connectivity index (χ3v) is 5.92. The number of unbranched alkanes of at least 4 members (excludes halogenated alkanes) is 10. The Balaban J connectivity index is 1.98. The second kappa shape index (κ2) is 14.6. The summed E-state index contributed by atoms with van der Waals surface area (Å²) in [6.07, 6.45) is 15.3. The van der Waals surface area contributed by atoms with Gasteiger partial charge in [0.25, 0.3) is 0 Å². The molecule has 0 aromatic heterocycles. The van der Waals surface area contributed by atoms with Crippen LogP contribution in [-0.2, 0) is 21.2 Å². The molecule has 0 aliphatic heterocycles. The van der Waals surface area contributed by atoms with E-state index in [1.54, 1.807) is 12.1 Å². The van der Waals surface area contributed by atoms with Crippen LogP contribution in [0.4, 0.5) is 0 Å². The molecule has 6 heteroatoms. The van der Waals surface area contributed by atoms with Crippen molar-refractivity contribution < 1.29 is 13.2 Å². The van der Waals surface area contributed by atoms with E-state index in [2.05, 4.69) is 12.2 Å². The van der Waals surface area contributed by atoms with Crippen LogP contribution in [0.15, 0.2) is 29.2 Å². The van der Waals surface area contributed by atoms with Crippen molar-refractivity contribution in [3.8, 4) is 0 Å². The van der Waals surface area contributed by atoms with Crippen LogP contribution in [-0.4, -0.2) is 20.9 Å². The Morgan fingerprint density at radius 1 is 0.857 bits per heavy atom. The van der Waals surface area contributed by atoms with Crippen molar-refractivity contribution in [2.75, 3.05) is 6.54 Å². The van der Waals surface area contributed by atoms with E-state index < -0.39 is 10.0 Å². The van der Waals surface area contributed by atoms with Gasteiger partial charge < -0.3 is 5.32 Å². The minimum Gasteiger partial charge on any atom is -0.356 e. The van der Waals surface area contributed by atoms with Crippen molar-refractivity contribution in [2.24, 2.45) is 5.14 Å². The van der Waals surface area contributed by atoms with Crippen LogP contribution in [0.3, 0.4) is 0 Å². The highest BCUT2D eigenvalue weighted by Gasteiger charge is 2.07. The lowest BCUT2D eigenvalue weighted by Crippen LogP contribution is -2.25. The number of hydrogen-bond donors (Lipinski definition) is 2. The van der Waals surface area contributed by atoms with E-state index >= 15 is 0 Å². The van der Waals surface area contributed by atoms with Crippen molar-refractivity contribution in [3.05, 3.63) is 29.8 Å². The molecule has 0 aliphatic rings. The average molecular weight is 411 g/mol. The molecule has 1 aromatic carbocycles. The third kappa shape index (κ3) is 12.1. The monoisotopic (exact) mass is 410 g/mol. The molecule has 0 radical (unpaired) electrons. The Morgan fingerprint density at radius 2 is 1.36 bits per heavy atom. The summed E-state index contributed by atoms with van der Waals surface area (Å²) in [6.45, 7) is 2.81. The van der Waals surface area contributed by atoms with Gasteiger partial charge in [-0.2, -0.15) is 0 Å². The number of primary sulfonamides is 1. The van der Waals surface area contributed by atoms with Crippen LogP contribution in [0.2, 0.25) is 0 Å². The Morgan fingerprint density at radius 3 is 1.86 bits per heavy atom. The first-order chi connectivity index (χ1) is 13.4. The zero-order valence-electron chi connectivity index (χ0n) is 17.4. The minimum atomic E-state index is -3.65. The molecule has 0 atom stereocenters. The van der Waals surface area contributed by atoms with Crippen LogP contribution >= 0.6 is 0 Å². The Hall–Kier alpha value is -1.40.